The Morgan fingerprint density at radius 1 is 1.07 bits per heavy atom. The van der Waals surface area contributed by atoms with Crippen LogP contribution < -0.4 is 14.8 Å². The maximum atomic E-state index is 12.2. The van der Waals surface area contributed by atoms with Gasteiger partial charge < -0.3 is 19.5 Å². The molecule has 1 N–H and O–H groups in total. The molecule has 0 heterocycles. The van der Waals surface area contributed by atoms with Gasteiger partial charge in [0.2, 0.25) is 0 Å². The lowest BCUT2D eigenvalue weighted by Gasteiger charge is -2.12. The molecular formula is C20H22ClNO5. The summed E-state index contributed by atoms with van der Waals surface area (Å²) in [5.74, 6) is -0.107. The van der Waals surface area contributed by atoms with Crippen molar-refractivity contribution in [2.24, 2.45) is 0 Å². The van der Waals surface area contributed by atoms with Gasteiger partial charge in [-0.1, -0.05) is 37.6 Å². The first-order valence-corrected chi connectivity index (χ1v) is 8.72. The molecule has 1 amide bonds. The molecule has 2 aromatic rings. The van der Waals surface area contributed by atoms with Crippen LogP contribution in [-0.2, 0) is 9.53 Å². The van der Waals surface area contributed by atoms with E-state index in [1.165, 1.54) is 31.9 Å². The Hall–Kier alpha value is -2.73. The van der Waals surface area contributed by atoms with Crippen molar-refractivity contribution in [2.75, 3.05) is 26.1 Å². The number of halogens is 1. The molecule has 0 aliphatic rings. The Morgan fingerprint density at radius 3 is 2.30 bits per heavy atom. The predicted molar refractivity (Wildman–Crippen MR) is 104 cm³/mol. The van der Waals surface area contributed by atoms with E-state index in [0.29, 0.717) is 23.1 Å². The maximum absolute atomic E-state index is 12.2. The summed E-state index contributed by atoms with van der Waals surface area (Å²) in [4.78, 5) is 24.2. The molecule has 0 atom stereocenters. The monoisotopic (exact) mass is 391 g/mol. The summed E-state index contributed by atoms with van der Waals surface area (Å²) in [6.45, 7) is 3.76. The van der Waals surface area contributed by atoms with Crippen molar-refractivity contribution in [1.82, 2.24) is 0 Å². The Morgan fingerprint density at radius 2 is 1.74 bits per heavy atom. The molecule has 0 spiro atoms. The third kappa shape index (κ3) is 5.37. The lowest BCUT2D eigenvalue weighted by molar-refractivity contribution is -0.119. The number of carbonyl (C=O) groups excluding carboxylic acids is 2. The van der Waals surface area contributed by atoms with Crippen molar-refractivity contribution >= 4 is 29.2 Å². The highest BCUT2D eigenvalue weighted by Crippen LogP contribution is 2.36. The van der Waals surface area contributed by atoms with Crippen LogP contribution in [0.15, 0.2) is 36.4 Å². The van der Waals surface area contributed by atoms with E-state index < -0.39 is 18.5 Å². The molecule has 144 valence electrons. The fraction of sp³-hybridized carbons (Fsp3) is 0.300. The number of esters is 1. The van der Waals surface area contributed by atoms with Crippen LogP contribution in [0.3, 0.4) is 0 Å². The van der Waals surface area contributed by atoms with Gasteiger partial charge in [-0.05, 0) is 35.7 Å². The van der Waals surface area contributed by atoms with Gasteiger partial charge >= 0.3 is 5.97 Å². The number of hydrogen-bond donors (Lipinski definition) is 1. The largest absolute Gasteiger partial charge is 0.493 e. The number of nitrogens with one attached hydrogen (secondary N) is 1. The minimum atomic E-state index is -0.692. The zero-order valence-electron chi connectivity index (χ0n) is 15.7. The summed E-state index contributed by atoms with van der Waals surface area (Å²) in [7, 11) is 2.88. The lowest BCUT2D eigenvalue weighted by atomic mass is 10.0. The molecule has 0 aliphatic heterocycles. The molecular weight excluding hydrogens is 370 g/mol. The molecule has 0 fully saturated rings. The Bertz CT molecular complexity index is 818. The summed E-state index contributed by atoms with van der Waals surface area (Å²) in [6, 6.07) is 10.3. The zero-order chi connectivity index (χ0) is 20.0. The molecule has 6 nitrogen and oxygen atoms in total. The SMILES string of the molecule is COc1cc(C(=O)OCC(=O)Nc2ccc(C(C)C)cc2)cc(Cl)c1OC. The molecule has 27 heavy (non-hydrogen) atoms. The molecule has 0 saturated heterocycles. The number of methoxy groups -OCH3 is 2. The second kappa shape index (κ2) is 9.28. The second-order valence-electron chi connectivity index (χ2n) is 6.09. The first-order chi connectivity index (χ1) is 12.8. The van der Waals surface area contributed by atoms with Crippen LogP contribution in [0.5, 0.6) is 11.5 Å². The maximum Gasteiger partial charge on any atom is 0.338 e. The Balaban J connectivity index is 1.96. The number of ether oxygens (including phenoxy) is 3. The molecule has 0 bridgehead atoms. The lowest BCUT2D eigenvalue weighted by Crippen LogP contribution is -2.21. The second-order valence-corrected chi connectivity index (χ2v) is 6.50. The van der Waals surface area contributed by atoms with Gasteiger partial charge in [-0.2, -0.15) is 0 Å². The molecule has 0 radical (unpaired) electrons. The van der Waals surface area contributed by atoms with Gasteiger partial charge in [0.05, 0.1) is 24.8 Å². The van der Waals surface area contributed by atoms with Crippen molar-refractivity contribution < 1.29 is 23.8 Å². The minimum absolute atomic E-state index is 0.159. The van der Waals surface area contributed by atoms with Crippen LogP contribution in [0.1, 0.15) is 35.7 Å². The highest BCUT2D eigenvalue weighted by atomic mass is 35.5. The van der Waals surface area contributed by atoms with E-state index in [9.17, 15) is 9.59 Å². The zero-order valence-corrected chi connectivity index (χ0v) is 16.4. The first kappa shape index (κ1) is 20.6. The normalized spacial score (nSPS) is 10.4. The van der Waals surface area contributed by atoms with Crippen molar-refractivity contribution in [3.05, 3.63) is 52.5 Å². The summed E-state index contributed by atoms with van der Waals surface area (Å²) in [5, 5.41) is 2.89. The van der Waals surface area contributed by atoms with E-state index in [-0.39, 0.29) is 10.6 Å². The Kier molecular flexibility index (Phi) is 7.07. The third-order valence-corrected chi connectivity index (χ3v) is 4.15. The molecule has 0 aliphatic carbocycles. The van der Waals surface area contributed by atoms with Crippen molar-refractivity contribution in [3.8, 4) is 11.5 Å². The van der Waals surface area contributed by atoms with Crippen molar-refractivity contribution in [3.63, 3.8) is 0 Å². The van der Waals surface area contributed by atoms with E-state index >= 15 is 0 Å². The molecule has 7 heteroatoms. The number of amides is 1. The topological polar surface area (TPSA) is 73.9 Å². The van der Waals surface area contributed by atoms with Crippen LogP contribution in [0, 0.1) is 0 Å². The molecule has 0 unspecified atom stereocenters. The number of benzene rings is 2. The van der Waals surface area contributed by atoms with E-state index in [2.05, 4.69) is 19.2 Å². The smallest absolute Gasteiger partial charge is 0.338 e. The summed E-state index contributed by atoms with van der Waals surface area (Å²) in [6.07, 6.45) is 0. The van der Waals surface area contributed by atoms with Gasteiger partial charge in [0.1, 0.15) is 0 Å². The quantitative estimate of drug-likeness (QED) is 0.713. The van der Waals surface area contributed by atoms with Gasteiger partial charge in [-0.25, -0.2) is 4.79 Å². The first-order valence-electron chi connectivity index (χ1n) is 8.34. The van der Waals surface area contributed by atoms with Crippen LogP contribution in [0.4, 0.5) is 5.69 Å². The third-order valence-electron chi connectivity index (χ3n) is 3.86. The van der Waals surface area contributed by atoms with Gasteiger partial charge in [0.15, 0.2) is 18.1 Å². The fourth-order valence-corrected chi connectivity index (χ4v) is 2.69. The van der Waals surface area contributed by atoms with Gasteiger partial charge in [0.25, 0.3) is 5.91 Å². The number of hydrogen-bond acceptors (Lipinski definition) is 5. The average molecular weight is 392 g/mol. The minimum Gasteiger partial charge on any atom is -0.493 e. The Labute approximate surface area is 163 Å². The summed E-state index contributed by atoms with van der Waals surface area (Å²) >= 11 is 6.07. The molecule has 2 aromatic carbocycles. The van der Waals surface area contributed by atoms with Crippen LogP contribution in [-0.4, -0.2) is 32.7 Å². The summed E-state index contributed by atoms with van der Waals surface area (Å²) in [5.41, 5.74) is 1.96. The predicted octanol–water partition coefficient (Wildman–Crippen LogP) is 4.28. The van der Waals surface area contributed by atoms with Gasteiger partial charge in [-0.15, -0.1) is 0 Å². The fourth-order valence-electron chi connectivity index (χ4n) is 2.40. The van der Waals surface area contributed by atoms with E-state index in [1.807, 2.05) is 24.3 Å². The van der Waals surface area contributed by atoms with Crippen LogP contribution in [0.25, 0.3) is 0 Å². The van der Waals surface area contributed by atoms with Gasteiger partial charge in [0, 0.05) is 5.69 Å². The van der Waals surface area contributed by atoms with E-state index in [1.54, 1.807) is 0 Å². The molecule has 0 aromatic heterocycles. The van der Waals surface area contributed by atoms with Crippen LogP contribution >= 0.6 is 11.6 Å². The number of rotatable bonds is 7. The average Bonchev–Trinajstić information content (AvgIpc) is 2.65. The molecule has 0 saturated carbocycles. The van der Waals surface area contributed by atoms with Gasteiger partial charge in [-0.3, -0.25) is 4.79 Å². The van der Waals surface area contributed by atoms with Crippen molar-refractivity contribution in [1.29, 1.82) is 0 Å². The highest BCUT2D eigenvalue weighted by Gasteiger charge is 2.17. The molecule has 2 rings (SSSR count). The highest BCUT2D eigenvalue weighted by molar-refractivity contribution is 6.32. The van der Waals surface area contributed by atoms with E-state index in [0.717, 1.165) is 0 Å². The van der Waals surface area contributed by atoms with E-state index in [4.69, 9.17) is 25.8 Å². The number of anilines is 1. The van der Waals surface area contributed by atoms with Crippen LogP contribution in [0.2, 0.25) is 5.02 Å². The standard InChI is InChI=1S/C20H22ClNO5/c1-12(2)13-5-7-15(8-6-13)22-18(23)11-27-20(24)14-9-16(21)19(26-4)17(10-14)25-3/h5-10,12H,11H2,1-4H3,(H,22,23). The summed E-state index contributed by atoms with van der Waals surface area (Å²) < 4.78 is 15.3. The number of carbonyl (C=O) groups is 2. The van der Waals surface area contributed by atoms with Crippen molar-refractivity contribution in [2.45, 2.75) is 19.8 Å².